The summed E-state index contributed by atoms with van der Waals surface area (Å²) >= 11 is 0. The number of fused-ring (bicyclic) bond motifs is 1. The van der Waals surface area contributed by atoms with E-state index < -0.39 is 5.97 Å². The summed E-state index contributed by atoms with van der Waals surface area (Å²) in [6.07, 6.45) is 1.81. The lowest BCUT2D eigenvalue weighted by molar-refractivity contribution is 0.0697. The van der Waals surface area contributed by atoms with Gasteiger partial charge in [0.2, 0.25) is 0 Å². The van der Waals surface area contributed by atoms with Crippen molar-refractivity contribution in [3.63, 3.8) is 0 Å². The fourth-order valence-electron chi connectivity index (χ4n) is 2.17. The molecule has 3 aromatic rings. The highest BCUT2D eigenvalue weighted by Crippen LogP contribution is 2.24. The van der Waals surface area contributed by atoms with Crippen LogP contribution in [0.3, 0.4) is 0 Å². The van der Waals surface area contributed by atoms with E-state index in [2.05, 4.69) is 5.10 Å². The van der Waals surface area contributed by atoms with Crippen molar-refractivity contribution in [1.29, 1.82) is 0 Å². The zero-order valence-corrected chi connectivity index (χ0v) is 10.4. The molecule has 2 aromatic carbocycles. The van der Waals surface area contributed by atoms with Crippen LogP contribution in [0.25, 0.3) is 22.0 Å². The number of carboxylic acid groups (broad SMARTS) is 1. The van der Waals surface area contributed by atoms with Crippen LogP contribution in [-0.4, -0.2) is 20.9 Å². The van der Waals surface area contributed by atoms with E-state index in [0.717, 1.165) is 22.0 Å². The number of benzene rings is 2. The lowest BCUT2D eigenvalue weighted by Gasteiger charge is -2.04. The minimum Gasteiger partial charge on any atom is -0.478 e. The van der Waals surface area contributed by atoms with Gasteiger partial charge in [-0.05, 0) is 35.4 Å². The topological polar surface area (TPSA) is 55.1 Å². The summed E-state index contributed by atoms with van der Waals surface area (Å²) in [7, 11) is 1.90. The predicted octanol–water partition coefficient (Wildman–Crippen LogP) is 2.94. The van der Waals surface area contributed by atoms with Gasteiger partial charge in [0.25, 0.3) is 0 Å². The first kappa shape index (κ1) is 11.5. The van der Waals surface area contributed by atoms with Gasteiger partial charge in [-0.15, -0.1) is 0 Å². The van der Waals surface area contributed by atoms with Crippen LogP contribution in [0.1, 0.15) is 10.4 Å². The van der Waals surface area contributed by atoms with Crippen LogP contribution >= 0.6 is 0 Å². The molecule has 0 unspecified atom stereocenters. The van der Waals surface area contributed by atoms with Gasteiger partial charge in [0, 0.05) is 12.4 Å². The number of nitrogens with zero attached hydrogens (tertiary/aromatic N) is 2. The number of hydrogen-bond acceptors (Lipinski definition) is 2. The molecular formula is C15H12N2O2. The van der Waals surface area contributed by atoms with E-state index in [1.807, 2.05) is 36.0 Å². The average Bonchev–Trinajstić information content (AvgIpc) is 2.80. The lowest BCUT2D eigenvalue weighted by Crippen LogP contribution is -1.95. The van der Waals surface area contributed by atoms with Crippen LogP contribution in [0.2, 0.25) is 0 Å². The number of aryl methyl sites for hydroxylation is 1. The Kier molecular flexibility index (Phi) is 2.56. The quantitative estimate of drug-likeness (QED) is 0.763. The lowest BCUT2D eigenvalue weighted by atomic mass is 10.0. The van der Waals surface area contributed by atoms with Crippen molar-refractivity contribution in [3.05, 3.63) is 54.2 Å². The van der Waals surface area contributed by atoms with E-state index in [-0.39, 0.29) is 0 Å². The zero-order valence-electron chi connectivity index (χ0n) is 10.4. The molecule has 1 aromatic heterocycles. The molecule has 0 spiro atoms. The highest BCUT2D eigenvalue weighted by atomic mass is 16.4. The summed E-state index contributed by atoms with van der Waals surface area (Å²) < 4.78 is 1.81. The third-order valence-corrected chi connectivity index (χ3v) is 3.19. The number of aromatic nitrogens is 2. The van der Waals surface area contributed by atoms with Crippen LogP contribution in [0, 0.1) is 0 Å². The molecule has 3 rings (SSSR count). The Balaban J connectivity index is 2.13. The fourth-order valence-corrected chi connectivity index (χ4v) is 2.17. The first-order valence-corrected chi connectivity index (χ1v) is 5.90. The van der Waals surface area contributed by atoms with Gasteiger partial charge in [-0.2, -0.15) is 5.10 Å². The zero-order chi connectivity index (χ0) is 13.4. The molecular weight excluding hydrogens is 240 g/mol. The van der Waals surface area contributed by atoms with Gasteiger partial charge < -0.3 is 5.11 Å². The minimum absolute atomic E-state index is 0.295. The van der Waals surface area contributed by atoms with E-state index in [1.165, 1.54) is 0 Å². The molecule has 0 radical (unpaired) electrons. The molecule has 0 aliphatic heterocycles. The molecule has 0 saturated carbocycles. The standard InChI is InChI=1S/C15H12N2O2/c1-17-14-6-5-11(8-13(14)9-16-17)10-3-2-4-12(7-10)15(18)19/h2-9H,1H3,(H,18,19). The Morgan fingerprint density at radius 1 is 1.16 bits per heavy atom. The highest BCUT2D eigenvalue weighted by Gasteiger charge is 2.06. The number of carboxylic acids is 1. The molecule has 0 atom stereocenters. The normalized spacial score (nSPS) is 10.8. The highest BCUT2D eigenvalue weighted by molar-refractivity contribution is 5.90. The van der Waals surface area contributed by atoms with Crippen molar-refractivity contribution >= 4 is 16.9 Å². The molecule has 0 aliphatic rings. The molecule has 0 aliphatic carbocycles. The van der Waals surface area contributed by atoms with E-state index in [9.17, 15) is 4.79 Å². The van der Waals surface area contributed by atoms with Crippen molar-refractivity contribution in [2.24, 2.45) is 7.05 Å². The Morgan fingerprint density at radius 3 is 2.74 bits per heavy atom. The van der Waals surface area contributed by atoms with Crippen LogP contribution in [-0.2, 0) is 7.05 Å². The number of rotatable bonds is 2. The van der Waals surface area contributed by atoms with Crippen LogP contribution in [0.15, 0.2) is 48.7 Å². The van der Waals surface area contributed by atoms with Crippen molar-refractivity contribution < 1.29 is 9.90 Å². The van der Waals surface area contributed by atoms with Crippen molar-refractivity contribution in [3.8, 4) is 11.1 Å². The first-order chi connectivity index (χ1) is 9.15. The third kappa shape index (κ3) is 1.97. The second-order valence-corrected chi connectivity index (χ2v) is 4.43. The summed E-state index contributed by atoms with van der Waals surface area (Å²) in [6.45, 7) is 0. The summed E-state index contributed by atoms with van der Waals surface area (Å²) in [5.74, 6) is -0.913. The average molecular weight is 252 g/mol. The van der Waals surface area contributed by atoms with Crippen molar-refractivity contribution in [2.45, 2.75) is 0 Å². The van der Waals surface area contributed by atoms with E-state index in [0.29, 0.717) is 5.56 Å². The molecule has 1 N–H and O–H groups in total. The summed E-state index contributed by atoms with van der Waals surface area (Å²) in [4.78, 5) is 11.0. The van der Waals surface area contributed by atoms with Gasteiger partial charge in [0.1, 0.15) is 0 Å². The van der Waals surface area contributed by atoms with Gasteiger partial charge in [-0.3, -0.25) is 4.68 Å². The van der Waals surface area contributed by atoms with Gasteiger partial charge in [-0.1, -0.05) is 18.2 Å². The minimum atomic E-state index is -0.913. The molecule has 0 saturated heterocycles. The SMILES string of the molecule is Cn1ncc2cc(-c3cccc(C(=O)O)c3)ccc21. The predicted molar refractivity (Wildman–Crippen MR) is 73.1 cm³/mol. The maximum atomic E-state index is 11.0. The Labute approximate surface area is 109 Å². The maximum absolute atomic E-state index is 11.0. The molecule has 94 valence electrons. The van der Waals surface area contributed by atoms with Gasteiger partial charge in [0.05, 0.1) is 17.3 Å². The van der Waals surface area contributed by atoms with Gasteiger partial charge in [-0.25, -0.2) is 4.79 Å². The first-order valence-electron chi connectivity index (χ1n) is 5.90. The Morgan fingerprint density at radius 2 is 1.95 bits per heavy atom. The molecule has 1 heterocycles. The van der Waals surface area contributed by atoms with Crippen LogP contribution in [0.5, 0.6) is 0 Å². The second kappa shape index (κ2) is 4.24. The van der Waals surface area contributed by atoms with E-state index >= 15 is 0 Å². The van der Waals surface area contributed by atoms with Crippen molar-refractivity contribution in [2.75, 3.05) is 0 Å². The van der Waals surface area contributed by atoms with Crippen LogP contribution < -0.4 is 0 Å². The molecule has 0 bridgehead atoms. The number of aromatic carboxylic acids is 1. The molecule has 0 fully saturated rings. The molecule has 19 heavy (non-hydrogen) atoms. The summed E-state index contributed by atoms with van der Waals surface area (Å²) in [5, 5.41) is 14.3. The molecule has 0 amide bonds. The maximum Gasteiger partial charge on any atom is 0.335 e. The van der Waals surface area contributed by atoms with Crippen molar-refractivity contribution in [1.82, 2.24) is 9.78 Å². The number of hydrogen-bond donors (Lipinski definition) is 1. The number of carbonyl (C=O) groups is 1. The molecule has 4 heteroatoms. The van der Waals surface area contributed by atoms with Gasteiger partial charge in [0.15, 0.2) is 0 Å². The molecule has 4 nitrogen and oxygen atoms in total. The summed E-state index contributed by atoms with van der Waals surface area (Å²) in [6, 6.07) is 12.9. The smallest absolute Gasteiger partial charge is 0.335 e. The Hall–Kier alpha value is -2.62. The van der Waals surface area contributed by atoms with E-state index in [1.54, 1.807) is 24.4 Å². The van der Waals surface area contributed by atoms with Gasteiger partial charge >= 0.3 is 5.97 Å². The monoisotopic (exact) mass is 252 g/mol. The Bertz CT molecular complexity index is 775. The van der Waals surface area contributed by atoms with Crippen LogP contribution in [0.4, 0.5) is 0 Å². The fraction of sp³-hybridized carbons (Fsp3) is 0.0667. The second-order valence-electron chi connectivity index (χ2n) is 4.43. The van der Waals surface area contributed by atoms with E-state index in [4.69, 9.17) is 5.11 Å². The largest absolute Gasteiger partial charge is 0.478 e. The third-order valence-electron chi connectivity index (χ3n) is 3.19. The summed E-state index contributed by atoms with van der Waals surface area (Å²) in [5.41, 5.74) is 3.23.